The number of hydrogen-bond acceptors (Lipinski definition) is 4. The maximum atomic E-state index is 11.9. The number of hydrogen-bond donors (Lipinski definition) is 1. The van der Waals surface area contributed by atoms with Crippen LogP contribution in [0.15, 0.2) is 54.1 Å². The summed E-state index contributed by atoms with van der Waals surface area (Å²) >= 11 is 0. The van der Waals surface area contributed by atoms with E-state index in [1.165, 1.54) is 5.70 Å². The first kappa shape index (κ1) is 19.7. The van der Waals surface area contributed by atoms with Gasteiger partial charge in [0.15, 0.2) is 0 Å². The van der Waals surface area contributed by atoms with Gasteiger partial charge in [0, 0.05) is 82.0 Å². The average molecular weight is 380 g/mol. The summed E-state index contributed by atoms with van der Waals surface area (Å²) in [5, 5.41) is 7.74. The van der Waals surface area contributed by atoms with E-state index in [9.17, 15) is 4.79 Å². The van der Waals surface area contributed by atoms with Gasteiger partial charge in [-0.25, -0.2) is 0 Å². The number of aromatic nitrogens is 2. The molecule has 1 aromatic carbocycles. The second-order valence-corrected chi connectivity index (χ2v) is 7.60. The fourth-order valence-electron chi connectivity index (χ4n) is 3.63. The molecule has 0 saturated heterocycles. The fourth-order valence-corrected chi connectivity index (χ4v) is 3.63. The lowest BCUT2D eigenvalue weighted by atomic mass is 10.0. The molecule has 1 aliphatic heterocycles. The van der Waals surface area contributed by atoms with Crippen molar-refractivity contribution in [1.29, 1.82) is 0 Å². The highest BCUT2D eigenvalue weighted by molar-refractivity contribution is 5.74. The van der Waals surface area contributed by atoms with Gasteiger partial charge >= 0.3 is 0 Å². The molecule has 0 spiro atoms. The van der Waals surface area contributed by atoms with E-state index in [0.29, 0.717) is 6.54 Å². The zero-order chi connectivity index (χ0) is 20.4. The van der Waals surface area contributed by atoms with Crippen LogP contribution < -0.4 is 5.32 Å². The Morgan fingerprint density at radius 1 is 1.25 bits per heavy atom. The number of benzene rings is 1. The molecule has 28 heavy (non-hydrogen) atoms. The van der Waals surface area contributed by atoms with E-state index in [1.54, 1.807) is 11.6 Å². The van der Waals surface area contributed by atoms with Gasteiger partial charge in [-0.2, -0.15) is 5.10 Å². The minimum atomic E-state index is 0.0949. The van der Waals surface area contributed by atoms with Gasteiger partial charge in [-0.1, -0.05) is 12.6 Å². The van der Waals surface area contributed by atoms with Crippen LogP contribution in [0.3, 0.4) is 0 Å². The smallest absolute Gasteiger partial charge is 0.219 e. The number of rotatable bonds is 5. The summed E-state index contributed by atoms with van der Waals surface area (Å²) in [5.74, 6) is 0.0949. The Bertz CT molecular complexity index is 938. The number of carbonyl (C=O) groups is 1. The van der Waals surface area contributed by atoms with E-state index in [0.717, 1.165) is 46.6 Å². The molecule has 6 heteroatoms. The number of carbonyl (C=O) groups excluding carboxylic acids is 1. The molecule has 6 nitrogen and oxygen atoms in total. The van der Waals surface area contributed by atoms with Crippen molar-refractivity contribution in [3.8, 4) is 11.1 Å². The molecular weight excluding hydrogens is 350 g/mol. The van der Waals surface area contributed by atoms with Crippen molar-refractivity contribution in [2.24, 2.45) is 7.05 Å². The molecule has 2 aromatic rings. The first-order chi connectivity index (χ1) is 13.2. The number of aryl methyl sites for hydroxylation is 2. The third kappa shape index (κ3) is 4.27. The van der Waals surface area contributed by atoms with Crippen LogP contribution >= 0.6 is 0 Å². The van der Waals surface area contributed by atoms with E-state index in [2.05, 4.69) is 47.0 Å². The summed E-state index contributed by atoms with van der Waals surface area (Å²) in [7, 11) is 6.00. The standard InChI is InChI=1S/C22H29N5O/c1-15-9-18(19-12-23-26(6)13-19)11-20(10-15)24-16(2)21-14-27(17(3)28)8-7-22(21)25(4)5/h9-13,24H,2,7-8,14H2,1,3-6H3. The lowest BCUT2D eigenvalue weighted by molar-refractivity contribution is -0.128. The molecule has 1 aliphatic rings. The first-order valence-corrected chi connectivity index (χ1v) is 9.46. The molecule has 2 heterocycles. The summed E-state index contributed by atoms with van der Waals surface area (Å²) in [6.45, 7) is 9.31. The van der Waals surface area contributed by atoms with Crippen molar-refractivity contribution in [3.63, 3.8) is 0 Å². The predicted molar refractivity (Wildman–Crippen MR) is 114 cm³/mol. The topological polar surface area (TPSA) is 53.4 Å². The molecule has 3 rings (SSSR count). The maximum Gasteiger partial charge on any atom is 0.219 e. The van der Waals surface area contributed by atoms with Crippen molar-refractivity contribution < 1.29 is 4.79 Å². The molecule has 0 aliphatic carbocycles. The highest BCUT2D eigenvalue weighted by atomic mass is 16.2. The summed E-state index contributed by atoms with van der Waals surface area (Å²) < 4.78 is 1.80. The number of nitrogens with one attached hydrogen (secondary N) is 1. The monoisotopic (exact) mass is 379 g/mol. The van der Waals surface area contributed by atoms with E-state index in [-0.39, 0.29) is 5.91 Å². The maximum absolute atomic E-state index is 11.9. The minimum Gasteiger partial charge on any atom is -0.381 e. The summed E-state index contributed by atoms with van der Waals surface area (Å²) in [5.41, 5.74) is 7.46. The average Bonchev–Trinajstić information content (AvgIpc) is 3.07. The third-order valence-corrected chi connectivity index (χ3v) is 5.08. The van der Waals surface area contributed by atoms with Gasteiger partial charge < -0.3 is 15.1 Å². The Balaban J connectivity index is 1.89. The second-order valence-electron chi connectivity index (χ2n) is 7.60. The van der Waals surface area contributed by atoms with E-state index in [4.69, 9.17) is 0 Å². The zero-order valence-corrected chi connectivity index (χ0v) is 17.4. The highest BCUT2D eigenvalue weighted by Gasteiger charge is 2.23. The largest absolute Gasteiger partial charge is 0.381 e. The van der Waals surface area contributed by atoms with Crippen LogP contribution in [0.4, 0.5) is 5.69 Å². The van der Waals surface area contributed by atoms with Gasteiger partial charge in [-0.15, -0.1) is 0 Å². The van der Waals surface area contributed by atoms with Gasteiger partial charge in [-0.3, -0.25) is 9.48 Å². The molecular formula is C22H29N5O. The lowest BCUT2D eigenvalue weighted by Gasteiger charge is -2.34. The van der Waals surface area contributed by atoms with Crippen LogP contribution in [0.5, 0.6) is 0 Å². The molecule has 1 N–H and O–H groups in total. The van der Waals surface area contributed by atoms with Crippen molar-refractivity contribution in [2.45, 2.75) is 20.3 Å². The zero-order valence-electron chi connectivity index (χ0n) is 17.4. The highest BCUT2D eigenvalue weighted by Crippen LogP contribution is 2.29. The Labute approximate surface area is 167 Å². The van der Waals surface area contributed by atoms with E-state index < -0.39 is 0 Å². The van der Waals surface area contributed by atoms with Gasteiger partial charge in [0.25, 0.3) is 0 Å². The van der Waals surface area contributed by atoms with Crippen LogP contribution in [-0.4, -0.2) is 52.7 Å². The summed E-state index contributed by atoms with van der Waals surface area (Å²) in [6.07, 6.45) is 4.70. The third-order valence-electron chi connectivity index (χ3n) is 5.08. The Morgan fingerprint density at radius 3 is 2.61 bits per heavy atom. The molecule has 1 aromatic heterocycles. The van der Waals surface area contributed by atoms with Gasteiger partial charge in [0.05, 0.1) is 6.20 Å². The van der Waals surface area contributed by atoms with Crippen LogP contribution in [-0.2, 0) is 11.8 Å². The number of nitrogens with zero attached hydrogens (tertiary/aromatic N) is 4. The molecule has 0 unspecified atom stereocenters. The van der Waals surface area contributed by atoms with E-state index in [1.807, 2.05) is 38.4 Å². The van der Waals surface area contributed by atoms with Crippen LogP contribution in [0.2, 0.25) is 0 Å². The molecule has 0 bridgehead atoms. The lowest BCUT2D eigenvalue weighted by Crippen LogP contribution is -2.38. The van der Waals surface area contributed by atoms with Gasteiger partial charge in [0.1, 0.15) is 0 Å². The number of anilines is 1. The second kappa shape index (κ2) is 7.92. The Morgan fingerprint density at radius 2 is 2.00 bits per heavy atom. The predicted octanol–water partition coefficient (Wildman–Crippen LogP) is 3.39. The normalized spacial score (nSPS) is 14.2. The van der Waals surface area contributed by atoms with E-state index >= 15 is 0 Å². The Hall–Kier alpha value is -3.02. The van der Waals surface area contributed by atoms with Crippen molar-refractivity contribution >= 4 is 11.6 Å². The molecule has 0 radical (unpaired) electrons. The van der Waals surface area contributed by atoms with Crippen LogP contribution in [0.25, 0.3) is 11.1 Å². The molecule has 0 saturated carbocycles. The van der Waals surface area contributed by atoms with Crippen molar-refractivity contribution in [2.75, 3.05) is 32.5 Å². The Kier molecular flexibility index (Phi) is 5.58. The summed E-state index contributed by atoms with van der Waals surface area (Å²) in [6, 6.07) is 6.36. The summed E-state index contributed by atoms with van der Waals surface area (Å²) in [4.78, 5) is 15.9. The van der Waals surface area contributed by atoms with Crippen LogP contribution in [0, 0.1) is 6.92 Å². The fraction of sp³-hybridized carbons (Fsp3) is 0.364. The molecule has 148 valence electrons. The van der Waals surface area contributed by atoms with Gasteiger partial charge in [0.2, 0.25) is 5.91 Å². The van der Waals surface area contributed by atoms with Crippen molar-refractivity contribution in [3.05, 3.63) is 59.7 Å². The SMILES string of the molecule is C=C(Nc1cc(C)cc(-c2cnn(C)c2)c1)C1=C(N(C)C)CCN(C(C)=O)C1. The molecule has 0 fully saturated rings. The van der Waals surface area contributed by atoms with Gasteiger partial charge in [-0.05, 0) is 30.2 Å². The molecule has 1 amide bonds. The number of amides is 1. The quantitative estimate of drug-likeness (QED) is 0.865. The minimum absolute atomic E-state index is 0.0949. The first-order valence-electron chi connectivity index (χ1n) is 9.46. The van der Waals surface area contributed by atoms with Crippen molar-refractivity contribution in [1.82, 2.24) is 19.6 Å². The van der Waals surface area contributed by atoms with Crippen LogP contribution in [0.1, 0.15) is 18.9 Å². The molecule has 0 atom stereocenters.